The molecule has 1 aliphatic rings. The molecule has 7 nitrogen and oxygen atoms in total. The Balaban J connectivity index is 1.74. The van der Waals surface area contributed by atoms with Crippen molar-refractivity contribution in [2.45, 2.75) is 32.4 Å². The number of hydrogen-bond acceptors (Lipinski definition) is 4. The van der Waals surface area contributed by atoms with E-state index in [1.165, 1.54) is 7.11 Å². The van der Waals surface area contributed by atoms with Crippen LogP contribution in [0.5, 0.6) is 0 Å². The number of nitrogens with zero attached hydrogens (tertiary/aromatic N) is 2. The summed E-state index contributed by atoms with van der Waals surface area (Å²) >= 11 is 2.97. The van der Waals surface area contributed by atoms with Gasteiger partial charge in [0.2, 0.25) is 0 Å². The number of aromatic nitrogens is 2. The van der Waals surface area contributed by atoms with E-state index in [1.54, 1.807) is 4.68 Å². The van der Waals surface area contributed by atoms with Gasteiger partial charge in [-0.2, -0.15) is 5.10 Å². The summed E-state index contributed by atoms with van der Waals surface area (Å²) in [5.41, 5.74) is 0.896. The highest BCUT2D eigenvalue weighted by molar-refractivity contribution is 9.10. The number of esters is 1. The molecule has 0 aliphatic carbocycles. The molecule has 1 aromatic carbocycles. The smallest absolute Gasteiger partial charge is 0.341 e. The van der Waals surface area contributed by atoms with E-state index in [9.17, 15) is 18.4 Å². The van der Waals surface area contributed by atoms with E-state index in [2.05, 4.69) is 31.7 Å². The Morgan fingerprint density at radius 2 is 2.00 bits per heavy atom. The van der Waals surface area contributed by atoms with Gasteiger partial charge in [0, 0.05) is 11.0 Å². The van der Waals surface area contributed by atoms with Crippen molar-refractivity contribution in [2.75, 3.05) is 12.4 Å². The Morgan fingerprint density at radius 1 is 1.30 bits per heavy atom. The molecule has 10 heteroatoms. The second kappa shape index (κ2) is 8.03. The third kappa shape index (κ3) is 4.10. The summed E-state index contributed by atoms with van der Waals surface area (Å²) < 4.78 is 34.4. The molecular formula is C17H17BrF2N4O3. The number of nitrogens with one attached hydrogen (secondary N) is 2. The van der Waals surface area contributed by atoms with E-state index in [-0.39, 0.29) is 11.0 Å². The number of urea groups is 1. The number of halogens is 3. The first-order chi connectivity index (χ1) is 12.9. The minimum atomic E-state index is -0.912. The summed E-state index contributed by atoms with van der Waals surface area (Å²) in [7, 11) is 1.28. The number of fused-ring (bicyclic) bond motifs is 1. The first kappa shape index (κ1) is 19.3. The third-order valence-corrected chi connectivity index (χ3v) is 4.67. The molecule has 0 unspecified atom stereocenters. The van der Waals surface area contributed by atoms with E-state index in [0.29, 0.717) is 24.2 Å². The van der Waals surface area contributed by atoms with Gasteiger partial charge in [-0.1, -0.05) is 15.9 Å². The Kier molecular flexibility index (Phi) is 5.73. The van der Waals surface area contributed by atoms with Gasteiger partial charge < -0.3 is 15.4 Å². The maximum absolute atomic E-state index is 13.8. The van der Waals surface area contributed by atoms with Crippen molar-refractivity contribution in [3.05, 3.63) is 45.2 Å². The third-order valence-electron chi connectivity index (χ3n) is 4.21. The van der Waals surface area contributed by atoms with E-state index in [0.717, 1.165) is 30.7 Å². The van der Waals surface area contributed by atoms with E-state index in [1.807, 2.05) is 0 Å². The van der Waals surface area contributed by atoms with Crippen LogP contribution in [-0.2, 0) is 24.2 Å². The SMILES string of the molecule is COC(=O)c1c(CNC(=O)Nc2c(F)cc(Br)cc2F)nn2c1CCCC2. The molecule has 3 rings (SSSR count). The number of aryl methyl sites for hydroxylation is 1. The Labute approximate surface area is 162 Å². The number of hydrogen-bond donors (Lipinski definition) is 2. The van der Waals surface area contributed by atoms with Crippen LogP contribution in [0, 0.1) is 11.6 Å². The van der Waals surface area contributed by atoms with Crippen LogP contribution in [0.3, 0.4) is 0 Å². The quantitative estimate of drug-likeness (QED) is 0.710. The lowest BCUT2D eigenvalue weighted by Crippen LogP contribution is -2.30. The highest BCUT2D eigenvalue weighted by atomic mass is 79.9. The molecule has 2 aromatic rings. The molecule has 0 bridgehead atoms. The Hall–Kier alpha value is -2.49. The van der Waals surface area contributed by atoms with Crippen LogP contribution in [0.15, 0.2) is 16.6 Å². The van der Waals surface area contributed by atoms with Crippen LogP contribution in [0.4, 0.5) is 19.3 Å². The van der Waals surface area contributed by atoms with E-state index in [4.69, 9.17) is 4.74 Å². The van der Waals surface area contributed by atoms with Gasteiger partial charge in [-0.3, -0.25) is 4.68 Å². The van der Waals surface area contributed by atoms with Gasteiger partial charge in [0.1, 0.15) is 11.3 Å². The molecular weight excluding hydrogens is 426 g/mol. The van der Waals surface area contributed by atoms with Crippen molar-refractivity contribution in [3.8, 4) is 0 Å². The predicted octanol–water partition coefficient (Wildman–Crippen LogP) is 3.37. The predicted molar refractivity (Wildman–Crippen MR) is 96.4 cm³/mol. The average molecular weight is 443 g/mol. The number of methoxy groups -OCH3 is 1. The van der Waals surface area contributed by atoms with Gasteiger partial charge in [-0.15, -0.1) is 0 Å². The summed E-state index contributed by atoms with van der Waals surface area (Å²) in [5, 5.41) is 8.96. The molecule has 0 fully saturated rings. The first-order valence-electron chi connectivity index (χ1n) is 8.27. The lowest BCUT2D eigenvalue weighted by Gasteiger charge is -2.13. The van der Waals surface area contributed by atoms with Crippen molar-refractivity contribution in [3.63, 3.8) is 0 Å². The number of carbonyl (C=O) groups is 2. The van der Waals surface area contributed by atoms with Crippen LogP contribution in [0.2, 0.25) is 0 Å². The van der Waals surface area contributed by atoms with Crippen LogP contribution in [0.25, 0.3) is 0 Å². The summed E-state index contributed by atoms with van der Waals surface area (Å²) in [6.45, 7) is 0.594. The maximum Gasteiger partial charge on any atom is 0.341 e. The first-order valence-corrected chi connectivity index (χ1v) is 9.06. The zero-order chi connectivity index (χ0) is 19.6. The summed E-state index contributed by atoms with van der Waals surface area (Å²) in [5.74, 6) is -2.35. The van der Waals surface area contributed by atoms with Crippen LogP contribution in [0.1, 0.15) is 34.6 Å². The number of anilines is 1. The van der Waals surface area contributed by atoms with Gasteiger partial charge in [0.15, 0.2) is 11.6 Å². The largest absolute Gasteiger partial charge is 0.465 e. The number of rotatable bonds is 4. The standard InChI is InChI=1S/C17H17BrF2N4O3/c1-27-16(25)14-12(23-24-5-3-2-4-13(14)24)8-21-17(26)22-15-10(19)6-9(18)7-11(15)20/h6-7H,2-5,8H2,1H3,(H2,21,22,26). The van der Waals surface area contributed by atoms with E-state index < -0.39 is 29.3 Å². The molecule has 0 saturated heterocycles. The van der Waals surface area contributed by atoms with Crippen LogP contribution >= 0.6 is 15.9 Å². The minimum absolute atomic E-state index is 0.0873. The van der Waals surface area contributed by atoms with Gasteiger partial charge in [0.25, 0.3) is 0 Å². The Bertz CT molecular complexity index is 878. The lowest BCUT2D eigenvalue weighted by atomic mass is 10.0. The molecule has 2 N–H and O–H groups in total. The van der Waals surface area contributed by atoms with Crippen LogP contribution < -0.4 is 10.6 Å². The van der Waals surface area contributed by atoms with Crippen molar-refractivity contribution < 1.29 is 23.1 Å². The van der Waals surface area contributed by atoms with Gasteiger partial charge in [0.05, 0.1) is 25.0 Å². The van der Waals surface area contributed by atoms with Gasteiger partial charge in [-0.05, 0) is 31.4 Å². The maximum atomic E-state index is 13.8. The molecule has 2 amide bonds. The zero-order valence-electron chi connectivity index (χ0n) is 14.4. The molecule has 0 atom stereocenters. The molecule has 1 aromatic heterocycles. The Morgan fingerprint density at radius 3 is 2.67 bits per heavy atom. The number of benzene rings is 1. The molecule has 0 saturated carbocycles. The van der Waals surface area contributed by atoms with Crippen molar-refractivity contribution in [1.82, 2.24) is 15.1 Å². The topological polar surface area (TPSA) is 85.2 Å². The van der Waals surface area contributed by atoms with Crippen molar-refractivity contribution in [2.24, 2.45) is 0 Å². The molecule has 0 radical (unpaired) electrons. The second-order valence-electron chi connectivity index (χ2n) is 5.99. The zero-order valence-corrected chi connectivity index (χ0v) is 16.0. The fraction of sp³-hybridized carbons (Fsp3) is 0.353. The highest BCUT2D eigenvalue weighted by Crippen LogP contribution is 2.24. The highest BCUT2D eigenvalue weighted by Gasteiger charge is 2.26. The number of ether oxygens (including phenoxy) is 1. The van der Waals surface area contributed by atoms with Crippen LogP contribution in [-0.4, -0.2) is 28.9 Å². The molecule has 2 heterocycles. The normalized spacial score (nSPS) is 13.0. The molecule has 144 valence electrons. The van der Waals surface area contributed by atoms with E-state index >= 15 is 0 Å². The fourth-order valence-corrected chi connectivity index (χ4v) is 3.39. The van der Waals surface area contributed by atoms with Crippen molar-refractivity contribution >= 4 is 33.6 Å². The fourth-order valence-electron chi connectivity index (χ4n) is 2.99. The van der Waals surface area contributed by atoms with Crippen molar-refractivity contribution in [1.29, 1.82) is 0 Å². The number of amides is 2. The second-order valence-corrected chi connectivity index (χ2v) is 6.91. The summed E-state index contributed by atoms with van der Waals surface area (Å²) in [6.07, 6.45) is 2.58. The van der Waals surface area contributed by atoms with Gasteiger partial charge >= 0.3 is 12.0 Å². The number of carbonyl (C=O) groups excluding carboxylic acids is 2. The summed E-state index contributed by atoms with van der Waals surface area (Å²) in [4.78, 5) is 24.2. The molecule has 27 heavy (non-hydrogen) atoms. The van der Waals surface area contributed by atoms with Gasteiger partial charge in [-0.25, -0.2) is 18.4 Å². The summed E-state index contributed by atoms with van der Waals surface area (Å²) in [6, 6.07) is 1.26. The minimum Gasteiger partial charge on any atom is -0.465 e. The monoisotopic (exact) mass is 442 g/mol. The molecule has 1 aliphatic heterocycles. The average Bonchev–Trinajstić information content (AvgIpc) is 3.00. The lowest BCUT2D eigenvalue weighted by molar-refractivity contribution is 0.0597. The molecule has 0 spiro atoms.